The summed E-state index contributed by atoms with van der Waals surface area (Å²) in [5, 5.41) is 0. The standard InChI is InChI=1S/C7H5BrF3NO/c1-13-5-3(9)2-12-6(8)4(5)7(10)11/h2,7H,1H3. The average molecular weight is 256 g/mol. The van der Waals surface area contributed by atoms with Gasteiger partial charge in [-0.1, -0.05) is 0 Å². The summed E-state index contributed by atoms with van der Waals surface area (Å²) in [7, 11) is 1.12. The van der Waals surface area contributed by atoms with Gasteiger partial charge in [0.15, 0.2) is 11.6 Å². The van der Waals surface area contributed by atoms with Crippen LogP contribution in [0.4, 0.5) is 13.2 Å². The zero-order valence-electron chi connectivity index (χ0n) is 6.52. The van der Waals surface area contributed by atoms with Crippen molar-refractivity contribution in [3.8, 4) is 5.75 Å². The van der Waals surface area contributed by atoms with Crippen molar-refractivity contribution in [3.63, 3.8) is 0 Å². The van der Waals surface area contributed by atoms with Crippen LogP contribution in [0, 0.1) is 5.82 Å². The third-order valence-corrected chi connectivity index (χ3v) is 2.03. The van der Waals surface area contributed by atoms with Crippen molar-refractivity contribution >= 4 is 15.9 Å². The Morgan fingerprint density at radius 3 is 2.54 bits per heavy atom. The Bertz CT molecular complexity index is 319. The van der Waals surface area contributed by atoms with Crippen LogP contribution < -0.4 is 4.74 Å². The average Bonchev–Trinajstić information content (AvgIpc) is 2.07. The fraction of sp³-hybridized carbons (Fsp3) is 0.286. The maximum absolute atomic E-state index is 12.8. The van der Waals surface area contributed by atoms with Gasteiger partial charge in [-0.25, -0.2) is 18.2 Å². The molecule has 0 aliphatic heterocycles. The molecule has 1 aromatic heterocycles. The van der Waals surface area contributed by atoms with Gasteiger partial charge in [-0.3, -0.25) is 0 Å². The van der Waals surface area contributed by atoms with Gasteiger partial charge >= 0.3 is 0 Å². The third kappa shape index (κ3) is 1.93. The smallest absolute Gasteiger partial charge is 0.270 e. The number of nitrogens with zero attached hydrogens (tertiary/aromatic N) is 1. The highest BCUT2D eigenvalue weighted by atomic mass is 79.9. The van der Waals surface area contributed by atoms with Crippen molar-refractivity contribution < 1.29 is 17.9 Å². The summed E-state index contributed by atoms with van der Waals surface area (Å²) in [6, 6.07) is 0. The number of rotatable bonds is 2. The zero-order chi connectivity index (χ0) is 10.0. The van der Waals surface area contributed by atoms with Crippen molar-refractivity contribution in [2.75, 3.05) is 7.11 Å². The topological polar surface area (TPSA) is 22.1 Å². The lowest BCUT2D eigenvalue weighted by Gasteiger charge is -2.09. The summed E-state index contributed by atoms with van der Waals surface area (Å²) in [5.74, 6) is -1.38. The molecule has 1 heterocycles. The van der Waals surface area contributed by atoms with Gasteiger partial charge in [-0.15, -0.1) is 0 Å². The number of ether oxygens (including phenoxy) is 1. The molecule has 0 fully saturated rings. The zero-order valence-corrected chi connectivity index (χ0v) is 8.11. The molecule has 0 saturated carbocycles. The summed E-state index contributed by atoms with van der Waals surface area (Å²) in [4.78, 5) is 3.39. The maximum atomic E-state index is 12.8. The molecule has 0 radical (unpaired) electrons. The highest BCUT2D eigenvalue weighted by Gasteiger charge is 2.22. The van der Waals surface area contributed by atoms with Crippen LogP contribution in [0.5, 0.6) is 5.75 Å². The van der Waals surface area contributed by atoms with Gasteiger partial charge in [0.2, 0.25) is 0 Å². The first-order chi connectivity index (χ1) is 6.07. The Hall–Kier alpha value is -0.780. The molecule has 0 aliphatic carbocycles. The Morgan fingerprint density at radius 1 is 1.54 bits per heavy atom. The van der Waals surface area contributed by atoms with Gasteiger partial charge in [-0.05, 0) is 15.9 Å². The minimum Gasteiger partial charge on any atom is -0.493 e. The first-order valence-corrected chi connectivity index (χ1v) is 4.03. The van der Waals surface area contributed by atoms with E-state index in [9.17, 15) is 13.2 Å². The van der Waals surface area contributed by atoms with Gasteiger partial charge < -0.3 is 4.74 Å². The molecule has 0 atom stereocenters. The van der Waals surface area contributed by atoms with Crippen molar-refractivity contribution in [1.82, 2.24) is 4.98 Å². The SMILES string of the molecule is COc1c(F)cnc(Br)c1C(F)F. The molecule has 0 bridgehead atoms. The van der Waals surface area contributed by atoms with Crippen LogP contribution in [-0.4, -0.2) is 12.1 Å². The number of aromatic nitrogens is 1. The van der Waals surface area contributed by atoms with E-state index < -0.39 is 23.6 Å². The normalized spacial score (nSPS) is 10.6. The highest BCUT2D eigenvalue weighted by molar-refractivity contribution is 9.10. The van der Waals surface area contributed by atoms with Gasteiger partial charge in [0.25, 0.3) is 6.43 Å². The Morgan fingerprint density at radius 2 is 2.15 bits per heavy atom. The van der Waals surface area contributed by atoms with Crippen molar-refractivity contribution in [2.45, 2.75) is 6.43 Å². The van der Waals surface area contributed by atoms with Crippen LogP contribution in [-0.2, 0) is 0 Å². The third-order valence-electron chi connectivity index (χ3n) is 1.40. The first-order valence-electron chi connectivity index (χ1n) is 3.24. The predicted molar refractivity (Wildman–Crippen MR) is 43.4 cm³/mol. The Balaban J connectivity index is 3.35. The summed E-state index contributed by atoms with van der Waals surface area (Å²) in [6.07, 6.45) is -2.01. The highest BCUT2D eigenvalue weighted by Crippen LogP contribution is 2.35. The van der Waals surface area contributed by atoms with E-state index in [1.165, 1.54) is 0 Å². The van der Waals surface area contributed by atoms with E-state index in [0.29, 0.717) is 0 Å². The maximum Gasteiger partial charge on any atom is 0.270 e. The lowest BCUT2D eigenvalue weighted by molar-refractivity contribution is 0.144. The molecule has 13 heavy (non-hydrogen) atoms. The number of hydrogen-bond donors (Lipinski definition) is 0. The van der Waals surface area contributed by atoms with E-state index in [0.717, 1.165) is 13.3 Å². The van der Waals surface area contributed by atoms with E-state index in [1.807, 2.05) is 0 Å². The fourth-order valence-corrected chi connectivity index (χ4v) is 1.32. The van der Waals surface area contributed by atoms with Crippen molar-refractivity contribution in [3.05, 3.63) is 22.2 Å². The second-order valence-corrected chi connectivity index (χ2v) is 2.90. The van der Waals surface area contributed by atoms with Crippen LogP contribution in [0.15, 0.2) is 10.8 Å². The molecule has 0 spiro atoms. The van der Waals surface area contributed by atoms with Crippen LogP contribution in [0.1, 0.15) is 12.0 Å². The molecular weight excluding hydrogens is 251 g/mol. The largest absolute Gasteiger partial charge is 0.493 e. The van der Waals surface area contributed by atoms with E-state index in [4.69, 9.17) is 0 Å². The fourth-order valence-electron chi connectivity index (χ4n) is 0.860. The van der Waals surface area contributed by atoms with E-state index in [2.05, 4.69) is 25.7 Å². The Kier molecular flexibility index (Phi) is 3.13. The van der Waals surface area contributed by atoms with Gasteiger partial charge in [0.05, 0.1) is 18.9 Å². The molecule has 1 aromatic rings. The summed E-state index contributed by atoms with van der Waals surface area (Å²) < 4.78 is 41.9. The van der Waals surface area contributed by atoms with Crippen molar-refractivity contribution in [1.29, 1.82) is 0 Å². The minimum atomic E-state index is -2.83. The quantitative estimate of drug-likeness (QED) is 0.759. The van der Waals surface area contributed by atoms with E-state index in [-0.39, 0.29) is 4.60 Å². The minimum absolute atomic E-state index is 0.110. The van der Waals surface area contributed by atoms with Gasteiger partial charge in [0, 0.05) is 0 Å². The van der Waals surface area contributed by atoms with Crippen LogP contribution in [0.3, 0.4) is 0 Å². The summed E-state index contributed by atoms with van der Waals surface area (Å²) >= 11 is 2.78. The van der Waals surface area contributed by atoms with Crippen LogP contribution in [0.2, 0.25) is 0 Å². The summed E-state index contributed by atoms with van der Waals surface area (Å²) in [5.41, 5.74) is -0.567. The molecular formula is C7H5BrF3NO. The lowest BCUT2D eigenvalue weighted by Crippen LogP contribution is -1.99. The number of alkyl halides is 2. The molecule has 0 unspecified atom stereocenters. The van der Waals surface area contributed by atoms with E-state index in [1.54, 1.807) is 0 Å². The van der Waals surface area contributed by atoms with E-state index >= 15 is 0 Å². The molecule has 6 heteroatoms. The molecule has 0 N–H and O–H groups in total. The Labute approximate surface area is 80.9 Å². The second-order valence-electron chi connectivity index (χ2n) is 2.14. The van der Waals surface area contributed by atoms with Crippen molar-refractivity contribution in [2.24, 2.45) is 0 Å². The molecule has 0 aliphatic rings. The monoisotopic (exact) mass is 255 g/mol. The number of halogens is 4. The van der Waals surface area contributed by atoms with Crippen LogP contribution in [0.25, 0.3) is 0 Å². The molecule has 0 aromatic carbocycles. The predicted octanol–water partition coefficient (Wildman–Crippen LogP) is 2.93. The van der Waals surface area contributed by atoms with Gasteiger partial charge in [0.1, 0.15) is 4.60 Å². The van der Waals surface area contributed by atoms with Crippen LogP contribution >= 0.6 is 15.9 Å². The van der Waals surface area contributed by atoms with Gasteiger partial charge in [-0.2, -0.15) is 0 Å². The summed E-state index contributed by atoms with van der Waals surface area (Å²) in [6.45, 7) is 0. The number of methoxy groups -OCH3 is 1. The molecule has 2 nitrogen and oxygen atoms in total. The first kappa shape index (κ1) is 10.3. The molecule has 72 valence electrons. The lowest BCUT2D eigenvalue weighted by atomic mass is 10.2. The molecule has 0 amide bonds. The second kappa shape index (κ2) is 3.95. The number of pyridine rings is 1. The number of hydrogen-bond acceptors (Lipinski definition) is 2. The molecule has 0 saturated heterocycles. The molecule has 1 rings (SSSR count).